The topological polar surface area (TPSA) is 93.5 Å². The van der Waals surface area contributed by atoms with Gasteiger partial charge in [0.25, 0.3) is 5.91 Å². The first kappa shape index (κ1) is 20.8. The lowest BCUT2D eigenvalue weighted by atomic mass is 10.0. The van der Waals surface area contributed by atoms with Gasteiger partial charge >= 0.3 is 0 Å². The molecule has 166 valence electrons. The van der Waals surface area contributed by atoms with Crippen molar-refractivity contribution in [1.82, 2.24) is 4.98 Å². The zero-order valence-corrected chi connectivity index (χ0v) is 18.2. The molecule has 4 aromatic rings. The SMILES string of the molecule is COc1cc(NC(=O)Cc2coc3cc4c(cc23)CCC4)ccc1NC(=O)c1cccnc1. The number of furan rings is 1. The van der Waals surface area contributed by atoms with Crippen LogP contribution >= 0.6 is 0 Å². The molecule has 0 saturated carbocycles. The normalized spacial score (nSPS) is 12.4. The molecular formula is C26H23N3O4. The van der Waals surface area contributed by atoms with Crippen molar-refractivity contribution in [1.29, 1.82) is 0 Å². The third-order valence-electron chi connectivity index (χ3n) is 5.88. The molecule has 0 aliphatic heterocycles. The van der Waals surface area contributed by atoms with Gasteiger partial charge in [0.2, 0.25) is 5.91 Å². The van der Waals surface area contributed by atoms with Crippen molar-refractivity contribution in [2.45, 2.75) is 25.7 Å². The highest BCUT2D eigenvalue weighted by atomic mass is 16.5. The van der Waals surface area contributed by atoms with E-state index in [9.17, 15) is 9.59 Å². The highest BCUT2D eigenvalue weighted by Crippen LogP contribution is 2.31. The monoisotopic (exact) mass is 441 g/mol. The van der Waals surface area contributed by atoms with Crippen LogP contribution in [0.25, 0.3) is 11.0 Å². The Kier molecular flexibility index (Phi) is 5.52. The number of aromatic nitrogens is 1. The predicted molar refractivity (Wildman–Crippen MR) is 126 cm³/mol. The van der Waals surface area contributed by atoms with Crippen LogP contribution in [0, 0.1) is 0 Å². The highest BCUT2D eigenvalue weighted by molar-refractivity contribution is 6.05. The van der Waals surface area contributed by atoms with Crippen LogP contribution in [0.5, 0.6) is 5.75 Å². The second kappa shape index (κ2) is 8.78. The second-order valence-electron chi connectivity index (χ2n) is 8.07. The van der Waals surface area contributed by atoms with Crippen molar-refractivity contribution in [3.05, 3.63) is 83.4 Å². The number of fused-ring (bicyclic) bond motifs is 2. The molecule has 0 bridgehead atoms. The van der Waals surface area contributed by atoms with Gasteiger partial charge in [-0.1, -0.05) is 0 Å². The van der Waals surface area contributed by atoms with E-state index >= 15 is 0 Å². The third kappa shape index (κ3) is 4.30. The third-order valence-corrected chi connectivity index (χ3v) is 5.88. The predicted octanol–water partition coefficient (Wildman–Crippen LogP) is 4.76. The van der Waals surface area contributed by atoms with Crippen molar-refractivity contribution in [3.63, 3.8) is 0 Å². The number of nitrogens with one attached hydrogen (secondary N) is 2. The summed E-state index contributed by atoms with van der Waals surface area (Å²) in [5.74, 6) is -0.0155. The number of ether oxygens (including phenoxy) is 1. The maximum absolute atomic E-state index is 12.7. The molecular weight excluding hydrogens is 418 g/mol. The summed E-state index contributed by atoms with van der Waals surface area (Å²) < 4.78 is 11.1. The molecule has 5 rings (SSSR count). The fourth-order valence-electron chi connectivity index (χ4n) is 4.23. The summed E-state index contributed by atoms with van der Waals surface area (Å²) in [5.41, 5.74) is 5.90. The van der Waals surface area contributed by atoms with Crippen LogP contribution in [0.2, 0.25) is 0 Å². The molecule has 2 aromatic heterocycles. The lowest BCUT2D eigenvalue weighted by Crippen LogP contribution is -2.15. The van der Waals surface area contributed by atoms with Crippen molar-refractivity contribution in [2.75, 3.05) is 17.7 Å². The lowest BCUT2D eigenvalue weighted by Gasteiger charge is -2.12. The second-order valence-corrected chi connectivity index (χ2v) is 8.07. The molecule has 2 heterocycles. The Morgan fingerprint density at radius 2 is 1.94 bits per heavy atom. The van der Waals surface area contributed by atoms with Crippen LogP contribution in [-0.2, 0) is 24.1 Å². The van der Waals surface area contributed by atoms with Crippen molar-refractivity contribution in [2.24, 2.45) is 0 Å². The van der Waals surface area contributed by atoms with E-state index in [1.807, 2.05) is 0 Å². The van der Waals surface area contributed by atoms with E-state index in [0.29, 0.717) is 22.7 Å². The van der Waals surface area contributed by atoms with Gasteiger partial charge in [-0.05, 0) is 66.8 Å². The zero-order chi connectivity index (χ0) is 22.8. The number of hydrogen-bond acceptors (Lipinski definition) is 5. The Bertz CT molecular complexity index is 1340. The van der Waals surface area contributed by atoms with Crippen molar-refractivity contribution < 1.29 is 18.7 Å². The fourth-order valence-corrected chi connectivity index (χ4v) is 4.23. The molecule has 1 aliphatic carbocycles. The number of anilines is 2. The number of carbonyl (C=O) groups is 2. The summed E-state index contributed by atoms with van der Waals surface area (Å²) in [7, 11) is 1.51. The number of nitrogens with zero attached hydrogens (tertiary/aromatic N) is 1. The van der Waals surface area contributed by atoms with E-state index in [2.05, 4.69) is 27.8 Å². The Morgan fingerprint density at radius 1 is 1.09 bits per heavy atom. The molecule has 2 aromatic carbocycles. The molecule has 2 amide bonds. The van der Waals surface area contributed by atoms with Crippen LogP contribution < -0.4 is 15.4 Å². The van der Waals surface area contributed by atoms with Crippen molar-refractivity contribution >= 4 is 34.2 Å². The number of rotatable bonds is 6. The van der Waals surface area contributed by atoms with Gasteiger partial charge < -0.3 is 19.8 Å². The zero-order valence-electron chi connectivity index (χ0n) is 18.2. The number of benzene rings is 2. The summed E-state index contributed by atoms with van der Waals surface area (Å²) in [6.45, 7) is 0. The Labute approximate surface area is 190 Å². The van der Waals surface area contributed by atoms with Gasteiger partial charge in [-0.3, -0.25) is 14.6 Å². The first-order chi connectivity index (χ1) is 16.1. The number of methoxy groups -OCH3 is 1. The first-order valence-electron chi connectivity index (χ1n) is 10.8. The van der Waals surface area contributed by atoms with Crippen LogP contribution in [0.15, 0.2) is 65.5 Å². The minimum Gasteiger partial charge on any atom is -0.494 e. The van der Waals surface area contributed by atoms with Crippen LogP contribution in [0.1, 0.15) is 33.5 Å². The molecule has 7 nitrogen and oxygen atoms in total. The quantitative estimate of drug-likeness (QED) is 0.450. The van der Waals surface area contributed by atoms with Crippen molar-refractivity contribution in [3.8, 4) is 5.75 Å². The molecule has 33 heavy (non-hydrogen) atoms. The standard InChI is InChI=1S/C26H23N3O4/c1-32-24-13-20(7-8-22(24)29-26(31)18-6-3-9-27-14-18)28-25(30)12-19-15-33-23-11-17-5-2-4-16(17)10-21(19)23/h3,6-11,13-15H,2,4-5,12H2,1H3,(H,28,30)(H,29,31). The molecule has 0 spiro atoms. The molecule has 0 saturated heterocycles. The molecule has 7 heteroatoms. The van der Waals surface area contributed by atoms with Gasteiger partial charge in [0, 0.05) is 35.1 Å². The van der Waals surface area contributed by atoms with E-state index in [-0.39, 0.29) is 18.2 Å². The van der Waals surface area contributed by atoms with Gasteiger partial charge in [-0.15, -0.1) is 0 Å². The van der Waals surface area contributed by atoms with Gasteiger partial charge in [-0.25, -0.2) is 0 Å². The molecule has 0 radical (unpaired) electrons. The van der Waals surface area contributed by atoms with Crippen LogP contribution in [0.3, 0.4) is 0 Å². The largest absolute Gasteiger partial charge is 0.494 e. The number of aryl methyl sites for hydroxylation is 2. The average molecular weight is 441 g/mol. The summed E-state index contributed by atoms with van der Waals surface area (Å²) in [4.78, 5) is 29.1. The molecule has 0 atom stereocenters. The number of amides is 2. The molecule has 2 N–H and O–H groups in total. The lowest BCUT2D eigenvalue weighted by molar-refractivity contribution is -0.115. The van der Waals surface area contributed by atoms with E-state index in [4.69, 9.17) is 9.15 Å². The van der Waals surface area contributed by atoms with Gasteiger partial charge in [0.1, 0.15) is 11.3 Å². The summed E-state index contributed by atoms with van der Waals surface area (Å²) in [6.07, 6.45) is 8.29. The highest BCUT2D eigenvalue weighted by Gasteiger charge is 2.17. The van der Waals surface area contributed by atoms with Gasteiger partial charge in [-0.2, -0.15) is 0 Å². The number of carbonyl (C=O) groups excluding carboxylic acids is 2. The fraction of sp³-hybridized carbons (Fsp3) is 0.192. The smallest absolute Gasteiger partial charge is 0.257 e. The maximum Gasteiger partial charge on any atom is 0.257 e. The maximum atomic E-state index is 12.7. The van der Waals surface area contributed by atoms with E-state index in [1.54, 1.807) is 42.8 Å². The molecule has 0 unspecified atom stereocenters. The number of hydrogen-bond donors (Lipinski definition) is 2. The van der Waals surface area contributed by atoms with Crippen LogP contribution in [-0.4, -0.2) is 23.9 Å². The first-order valence-corrected chi connectivity index (χ1v) is 10.8. The van der Waals surface area contributed by atoms with Gasteiger partial charge in [0.15, 0.2) is 0 Å². The molecule has 1 aliphatic rings. The van der Waals surface area contributed by atoms with Crippen LogP contribution in [0.4, 0.5) is 11.4 Å². The number of pyridine rings is 1. The van der Waals surface area contributed by atoms with E-state index < -0.39 is 0 Å². The van der Waals surface area contributed by atoms with E-state index in [1.165, 1.54) is 24.4 Å². The summed E-state index contributed by atoms with van der Waals surface area (Å²) >= 11 is 0. The minimum atomic E-state index is -0.295. The Morgan fingerprint density at radius 3 is 2.73 bits per heavy atom. The molecule has 0 fully saturated rings. The average Bonchev–Trinajstić information content (AvgIpc) is 3.45. The van der Waals surface area contributed by atoms with E-state index in [0.717, 1.165) is 35.8 Å². The van der Waals surface area contributed by atoms with Gasteiger partial charge in [0.05, 0.1) is 31.0 Å². The minimum absolute atomic E-state index is 0.160. The summed E-state index contributed by atoms with van der Waals surface area (Å²) in [6, 6.07) is 12.7. The summed E-state index contributed by atoms with van der Waals surface area (Å²) in [5, 5.41) is 6.70. The Hall–Kier alpha value is -4.13. The Balaban J connectivity index is 1.29.